The van der Waals surface area contributed by atoms with Gasteiger partial charge in [-0.05, 0) is 37.3 Å². The average Bonchev–Trinajstić information content (AvgIpc) is 2.58. The number of hydrogen-bond donors (Lipinski definition) is 2. The summed E-state index contributed by atoms with van der Waals surface area (Å²) >= 11 is 0. The minimum absolute atomic E-state index is 0.0496. The molecule has 0 unspecified atom stereocenters. The molecule has 1 fully saturated rings. The van der Waals surface area contributed by atoms with Crippen LogP contribution >= 0.6 is 0 Å². The van der Waals surface area contributed by atoms with Gasteiger partial charge in [0.05, 0.1) is 5.75 Å². The molecule has 0 saturated heterocycles. The van der Waals surface area contributed by atoms with Gasteiger partial charge in [-0.3, -0.25) is 4.79 Å². The Morgan fingerprint density at radius 2 is 1.77 bits per heavy atom. The van der Waals surface area contributed by atoms with Crippen LogP contribution in [-0.4, -0.2) is 20.4 Å². The van der Waals surface area contributed by atoms with E-state index in [1.165, 1.54) is 32.1 Å². The van der Waals surface area contributed by atoms with E-state index in [0.29, 0.717) is 18.9 Å². The standard InChI is InChI=1S/C20H32N2O3S/c1-16(2)22-26(24,25)15-19-11-7-6-10-18(19)14-21-20(23)13-12-17-8-4-3-5-9-17/h6-7,10-11,16-17,22H,3-5,8-9,12-15H2,1-2H3,(H,21,23). The number of carbonyl (C=O) groups is 1. The molecule has 0 heterocycles. The van der Waals surface area contributed by atoms with Crippen LogP contribution in [0.25, 0.3) is 0 Å². The van der Waals surface area contributed by atoms with Crippen molar-refractivity contribution in [2.45, 2.75) is 77.1 Å². The van der Waals surface area contributed by atoms with Crippen molar-refractivity contribution in [1.82, 2.24) is 10.0 Å². The van der Waals surface area contributed by atoms with Gasteiger partial charge in [-0.1, -0.05) is 56.4 Å². The first-order valence-electron chi connectivity index (χ1n) is 9.69. The molecule has 1 aliphatic carbocycles. The van der Waals surface area contributed by atoms with Crippen LogP contribution in [0.1, 0.15) is 69.9 Å². The Kier molecular flexibility index (Phi) is 8.10. The molecule has 0 bridgehead atoms. The van der Waals surface area contributed by atoms with Crippen molar-refractivity contribution in [2.75, 3.05) is 0 Å². The van der Waals surface area contributed by atoms with Crippen LogP contribution in [0, 0.1) is 5.92 Å². The zero-order chi connectivity index (χ0) is 19.0. The van der Waals surface area contributed by atoms with Crippen LogP contribution in [-0.2, 0) is 27.1 Å². The lowest BCUT2D eigenvalue weighted by Crippen LogP contribution is -2.32. The van der Waals surface area contributed by atoms with Crippen molar-refractivity contribution in [3.63, 3.8) is 0 Å². The minimum atomic E-state index is -3.38. The summed E-state index contributed by atoms with van der Waals surface area (Å²) in [4.78, 5) is 12.2. The summed E-state index contributed by atoms with van der Waals surface area (Å²) in [7, 11) is -3.38. The van der Waals surface area contributed by atoms with E-state index in [1.54, 1.807) is 13.8 Å². The number of sulfonamides is 1. The Morgan fingerprint density at radius 1 is 1.12 bits per heavy atom. The van der Waals surface area contributed by atoms with Gasteiger partial charge in [-0.15, -0.1) is 0 Å². The summed E-state index contributed by atoms with van der Waals surface area (Å²) in [6, 6.07) is 7.25. The molecule has 1 saturated carbocycles. The Bertz CT molecular complexity index is 680. The van der Waals surface area contributed by atoms with Crippen LogP contribution in [0.15, 0.2) is 24.3 Å². The largest absolute Gasteiger partial charge is 0.352 e. The Labute approximate surface area is 158 Å². The molecule has 1 aliphatic rings. The fourth-order valence-electron chi connectivity index (χ4n) is 3.57. The number of hydrogen-bond acceptors (Lipinski definition) is 3. The third-order valence-corrected chi connectivity index (χ3v) is 6.38. The maximum absolute atomic E-state index is 12.2. The lowest BCUT2D eigenvalue weighted by atomic mass is 9.86. The smallest absolute Gasteiger partial charge is 0.220 e. The van der Waals surface area contributed by atoms with Gasteiger partial charge in [0.15, 0.2) is 0 Å². The van der Waals surface area contributed by atoms with E-state index in [4.69, 9.17) is 0 Å². The van der Waals surface area contributed by atoms with Crippen molar-refractivity contribution in [3.8, 4) is 0 Å². The van der Waals surface area contributed by atoms with E-state index in [1.807, 2.05) is 24.3 Å². The van der Waals surface area contributed by atoms with Crippen molar-refractivity contribution in [3.05, 3.63) is 35.4 Å². The van der Waals surface area contributed by atoms with E-state index in [-0.39, 0.29) is 17.7 Å². The molecule has 1 aromatic rings. The van der Waals surface area contributed by atoms with Gasteiger partial charge in [0.2, 0.25) is 15.9 Å². The molecule has 0 aliphatic heterocycles. The Balaban J connectivity index is 1.86. The van der Waals surface area contributed by atoms with Crippen molar-refractivity contribution in [2.24, 2.45) is 5.92 Å². The van der Waals surface area contributed by atoms with Crippen molar-refractivity contribution >= 4 is 15.9 Å². The van der Waals surface area contributed by atoms with Gasteiger partial charge >= 0.3 is 0 Å². The van der Waals surface area contributed by atoms with Gasteiger partial charge in [0, 0.05) is 19.0 Å². The third kappa shape index (κ3) is 7.46. The zero-order valence-electron chi connectivity index (χ0n) is 16.0. The van der Waals surface area contributed by atoms with Crippen molar-refractivity contribution in [1.29, 1.82) is 0 Å². The first-order valence-corrected chi connectivity index (χ1v) is 11.3. The summed E-state index contributed by atoms with van der Waals surface area (Å²) in [5, 5.41) is 2.95. The van der Waals surface area contributed by atoms with E-state index in [0.717, 1.165) is 17.5 Å². The topological polar surface area (TPSA) is 75.3 Å². The molecule has 0 radical (unpaired) electrons. The number of amides is 1. The summed E-state index contributed by atoms with van der Waals surface area (Å²) in [6.07, 6.45) is 7.92. The number of benzene rings is 1. The van der Waals surface area contributed by atoms with Crippen LogP contribution in [0.4, 0.5) is 0 Å². The van der Waals surface area contributed by atoms with Gasteiger partial charge in [0.1, 0.15) is 0 Å². The zero-order valence-corrected chi connectivity index (χ0v) is 16.8. The predicted molar refractivity (Wildman–Crippen MR) is 105 cm³/mol. The molecule has 0 aromatic heterocycles. The minimum Gasteiger partial charge on any atom is -0.352 e. The molecule has 5 nitrogen and oxygen atoms in total. The maximum Gasteiger partial charge on any atom is 0.220 e. The summed E-state index contributed by atoms with van der Waals surface area (Å²) in [6.45, 7) is 3.98. The average molecular weight is 381 g/mol. The first-order chi connectivity index (χ1) is 12.4. The van der Waals surface area contributed by atoms with Crippen LogP contribution in [0.5, 0.6) is 0 Å². The third-order valence-electron chi connectivity index (χ3n) is 4.86. The number of rotatable bonds is 9. The fraction of sp³-hybridized carbons (Fsp3) is 0.650. The molecular weight excluding hydrogens is 348 g/mol. The van der Waals surface area contributed by atoms with Crippen LogP contribution in [0.2, 0.25) is 0 Å². The molecule has 1 amide bonds. The van der Waals surface area contributed by atoms with Gasteiger partial charge in [-0.25, -0.2) is 13.1 Å². The molecule has 2 N–H and O–H groups in total. The first kappa shape index (κ1) is 20.9. The fourth-order valence-corrected chi connectivity index (χ4v) is 5.06. The Hall–Kier alpha value is -1.40. The molecule has 6 heteroatoms. The lowest BCUT2D eigenvalue weighted by Gasteiger charge is -2.21. The molecule has 26 heavy (non-hydrogen) atoms. The molecule has 1 aromatic carbocycles. The molecule has 146 valence electrons. The molecule has 0 atom stereocenters. The highest BCUT2D eigenvalue weighted by molar-refractivity contribution is 7.88. The van der Waals surface area contributed by atoms with Gasteiger partial charge < -0.3 is 5.32 Å². The molecular formula is C20H32N2O3S. The number of carbonyl (C=O) groups excluding carboxylic acids is 1. The second kappa shape index (κ2) is 10.1. The number of nitrogens with one attached hydrogen (secondary N) is 2. The summed E-state index contributed by atoms with van der Waals surface area (Å²) in [5.41, 5.74) is 1.58. The lowest BCUT2D eigenvalue weighted by molar-refractivity contribution is -0.121. The highest BCUT2D eigenvalue weighted by Crippen LogP contribution is 2.27. The van der Waals surface area contributed by atoms with E-state index >= 15 is 0 Å². The van der Waals surface area contributed by atoms with E-state index < -0.39 is 10.0 Å². The highest BCUT2D eigenvalue weighted by Gasteiger charge is 2.17. The maximum atomic E-state index is 12.2. The normalized spacial score (nSPS) is 16.0. The highest BCUT2D eigenvalue weighted by atomic mass is 32.2. The van der Waals surface area contributed by atoms with Crippen LogP contribution in [0.3, 0.4) is 0 Å². The monoisotopic (exact) mass is 380 g/mol. The summed E-state index contributed by atoms with van der Waals surface area (Å²) < 4.78 is 27.0. The second-order valence-electron chi connectivity index (χ2n) is 7.62. The molecule has 0 spiro atoms. The Morgan fingerprint density at radius 3 is 2.42 bits per heavy atom. The second-order valence-corrected chi connectivity index (χ2v) is 9.37. The quantitative estimate of drug-likeness (QED) is 0.688. The summed E-state index contributed by atoms with van der Waals surface area (Å²) in [5.74, 6) is 0.668. The predicted octanol–water partition coefficient (Wildman–Crippen LogP) is 3.49. The van der Waals surface area contributed by atoms with E-state index in [9.17, 15) is 13.2 Å². The van der Waals surface area contributed by atoms with E-state index in [2.05, 4.69) is 10.0 Å². The molecule has 2 rings (SSSR count). The van der Waals surface area contributed by atoms with Crippen LogP contribution < -0.4 is 10.0 Å². The van der Waals surface area contributed by atoms with Crippen molar-refractivity contribution < 1.29 is 13.2 Å². The van der Waals surface area contributed by atoms with Gasteiger partial charge in [0.25, 0.3) is 0 Å². The van der Waals surface area contributed by atoms with Gasteiger partial charge in [-0.2, -0.15) is 0 Å². The SMILES string of the molecule is CC(C)NS(=O)(=O)Cc1ccccc1CNC(=O)CCC1CCCCC1.